The van der Waals surface area contributed by atoms with Crippen molar-refractivity contribution in [2.45, 2.75) is 6.92 Å². The van der Waals surface area contributed by atoms with Crippen LogP contribution in [0.25, 0.3) is 0 Å². The summed E-state index contributed by atoms with van der Waals surface area (Å²) in [6.45, 7) is 2.45. The maximum atomic E-state index is 5.26. The molecule has 7 heavy (non-hydrogen) atoms. The van der Waals surface area contributed by atoms with Gasteiger partial charge in [-0.3, -0.25) is 0 Å². The highest BCUT2D eigenvalue weighted by molar-refractivity contribution is 4.90. The van der Waals surface area contributed by atoms with Crippen LogP contribution in [0.2, 0.25) is 0 Å². The van der Waals surface area contributed by atoms with Crippen molar-refractivity contribution in [3.63, 3.8) is 0 Å². The molecule has 0 bridgehead atoms. The van der Waals surface area contributed by atoms with Crippen LogP contribution in [0.5, 0.6) is 0 Å². The Hall–Kier alpha value is -0.500. The molecule has 0 aliphatic heterocycles. The van der Waals surface area contributed by atoms with Gasteiger partial charge in [-0.05, 0) is 13.0 Å². The van der Waals surface area contributed by atoms with Crippen LogP contribution in [0.15, 0.2) is 11.8 Å². The van der Waals surface area contributed by atoms with Crippen LogP contribution in [-0.4, -0.2) is 13.7 Å². The predicted molar refractivity (Wildman–Crippen MR) is 29.8 cm³/mol. The summed E-state index contributed by atoms with van der Waals surface area (Å²) in [7, 11) is 1.64. The number of hydrogen-bond donors (Lipinski definition) is 1. The van der Waals surface area contributed by atoms with Gasteiger partial charge in [0, 0.05) is 12.8 Å². The van der Waals surface area contributed by atoms with Gasteiger partial charge in [-0.15, -0.1) is 0 Å². The largest absolute Gasteiger partial charge is 0.402 e. The van der Waals surface area contributed by atoms with Crippen molar-refractivity contribution in [2.24, 2.45) is 5.73 Å². The summed E-state index contributed by atoms with van der Waals surface area (Å²) in [5.41, 5.74) is 6.07. The molecule has 0 heterocycles. The molecule has 0 saturated heterocycles. The molecule has 0 atom stereocenters. The lowest BCUT2D eigenvalue weighted by Gasteiger charge is -1.88. The summed E-state index contributed by atoms with van der Waals surface area (Å²) < 4.78 is 4.70. The fourth-order valence-corrected chi connectivity index (χ4v) is 0.215. The number of ether oxygens (including phenoxy) is 1. The average molecular weight is 101 g/mol. The monoisotopic (exact) mass is 101 g/mol. The van der Waals surface area contributed by atoms with E-state index in [4.69, 9.17) is 10.5 Å². The predicted octanol–water partition coefficient (Wildman–Crippen LogP) is 0.495. The van der Waals surface area contributed by atoms with Crippen LogP contribution < -0.4 is 5.73 Å². The molecule has 2 heteroatoms. The van der Waals surface area contributed by atoms with E-state index in [2.05, 4.69) is 0 Å². The van der Waals surface area contributed by atoms with Crippen molar-refractivity contribution in [3.8, 4) is 0 Å². The highest BCUT2D eigenvalue weighted by Gasteiger charge is 1.72. The number of hydrogen-bond acceptors (Lipinski definition) is 2. The average Bonchev–Trinajstić information content (AvgIpc) is 1.61. The maximum Gasteiger partial charge on any atom is 0.0662 e. The minimum absolute atomic E-state index is 0.613. The van der Waals surface area contributed by atoms with Crippen LogP contribution in [0, 0.1) is 0 Å². The molecule has 0 aromatic carbocycles. The van der Waals surface area contributed by atoms with E-state index in [1.807, 2.05) is 13.0 Å². The molecular weight excluding hydrogens is 90.1 g/mol. The van der Waals surface area contributed by atoms with E-state index in [0.29, 0.717) is 6.61 Å². The first kappa shape index (κ1) is 6.50. The second-order valence-corrected chi connectivity index (χ2v) is 1.40. The summed E-state index contributed by atoms with van der Waals surface area (Å²) in [5.74, 6) is 0. The molecule has 0 aromatic heterocycles. The van der Waals surface area contributed by atoms with Crippen molar-refractivity contribution in [3.05, 3.63) is 11.8 Å². The highest BCUT2D eigenvalue weighted by atomic mass is 16.5. The van der Waals surface area contributed by atoms with E-state index in [1.165, 1.54) is 0 Å². The van der Waals surface area contributed by atoms with Crippen LogP contribution in [0.4, 0.5) is 0 Å². The number of nitrogens with two attached hydrogens (primary N) is 1. The second-order valence-electron chi connectivity index (χ2n) is 1.40. The molecule has 0 unspecified atom stereocenters. The van der Waals surface area contributed by atoms with Crippen LogP contribution in [-0.2, 0) is 4.74 Å². The molecule has 0 aromatic rings. The zero-order chi connectivity index (χ0) is 5.70. The molecule has 0 fully saturated rings. The maximum absolute atomic E-state index is 5.26. The first-order chi connectivity index (χ1) is 3.27. The summed E-state index contributed by atoms with van der Waals surface area (Å²) in [4.78, 5) is 0. The third-order valence-electron chi connectivity index (χ3n) is 0.572. The van der Waals surface area contributed by atoms with Gasteiger partial charge in [-0.2, -0.15) is 0 Å². The van der Waals surface area contributed by atoms with E-state index in [1.54, 1.807) is 7.11 Å². The molecule has 0 spiro atoms. The van der Waals surface area contributed by atoms with E-state index in [0.717, 1.165) is 5.70 Å². The summed E-state index contributed by atoms with van der Waals surface area (Å²) >= 11 is 0. The zero-order valence-electron chi connectivity index (χ0n) is 4.77. The van der Waals surface area contributed by atoms with Gasteiger partial charge in [0.15, 0.2) is 0 Å². The molecule has 0 radical (unpaired) electrons. The molecule has 0 saturated carbocycles. The number of rotatable bonds is 2. The topological polar surface area (TPSA) is 35.2 Å². The minimum Gasteiger partial charge on any atom is -0.402 e. The van der Waals surface area contributed by atoms with Crippen molar-refractivity contribution in [2.75, 3.05) is 13.7 Å². The Morgan fingerprint density at radius 1 is 1.86 bits per heavy atom. The zero-order valence-corrected chi connectivity index (χ0v) is 4.77. The Morgan fingerprint density at radius 3 is 2.57 bits per heavy atom. The summed E-state index contributed by atoms with van der Waals surface area (Å²) in [5, 5.41) is 0. The van der Waals surface area contributed by atoms with Gasteiger partial charge in [0.2, 0.25) is 0 Å². The minimum atomic E-state index is 0.613. The molecular formula is C5H11NO. The van der Waals surface area contributed by atoms with Crippen molar-refractivity contribution < 1.29 is 4.74 Å². The molecule has 42 valence electrons. The van der Waals surface area contributed by atoms with Gasteiger partial charge in [0.25, 0.3) is 0 Å². The number of allylic oxidation sites excluding steroid dienone is 1. The molecule has 0 aliphatic carbocycles. The Bertz CT molecular complexity index is 64.5. The molecule has 0 aliphatic rings. The van der Waals surface area contributed by atoms with E-state index < -0.39 is 0 Å². The lowest BCUT2D eigenvalue weighted by molar-refractivity contribution is 0.233. The fourth-order valence-electron chi connectivity index (χ4n) is 0.215. The van der Waals surface area contributed by atoms with Crippen molar-refractivity contribution in [1.82, 2.24) is 0 Å². The Kier molecular flexibility index (Phi) is 3.42. The van der Waals surface area contributed by atoms with Crippen LogP contribution in [0.1, 0.15) is 6.92 Å². The Labute approximate surface area is 44.0 Å². The van der Waals surface area contributed by atoms with Gasteiger partial charge in [0.1, 0.15) is 0 Å². The first-order valence-electron chi connectivity index (χ1n) is 2.18. The summed E-state index contributed by atoms with van der Waals surface area (Å²) in [6, 6.07) is 0. The third-order valence-corrected chi connectivity index (χ3v) is 0.572. The molecule has 0 rings (SSSR count). The highest BCUT2D eigenvalue weighted by Crippen LogP contribution is 1.77. The lowest BCUT2D eigenvalue weighted by atomic mass is 10.5. The summed E-state index contributed by atoms with van der Waals surface area (Å²) in [6.07, 6.45) is 1.82. The van der Waals surface area contributed by atoms with Gasteiger partial charge in [0.05, 0.1) is 6.61 Å². The third kappa shape index (κ3) is 5.50. The van der Waals surface area contributed by atoms with Crippen LogP contribution in [0.3, 0.4) is 0 Å². The molecule has 0 amide bonds. The van der Waals surface area contributed by atoms with E-state index in [9.17, 15) is 0 Å². The molecule has 2 nitrogen and oxygen atoms in total. The van der Waals surface area contributed by atoms with Crippen LogP contribution >= 0.6 is 0 Å². The van der Waals surface area contributed by atoms with Gasteiger partial charge >= 0.3 is 0 Å². The standard InChI is InChI=1S/C5H11NO/c1-5(6)3-4-7-2/h3H,4,6H2,1-2H3/b5-3+. The SMILES string of the molecule is COC/C=C(\C)N. The van der Waals surface area contributed by atoms with Gasteiger partial charge < -0.3 is 10.5 Å². The second kappa shape index (κ2) is 3.68. The molecule has 2 N–H and O–H groups in total. The first-order valence-corrected chi connectivity index (χ1v) is 2.18. The Morgan fingerprint density at radius 2 is 2.43 bits per heavy atom. The smallest absolute Gasteiger partial charge is 0.0662 e. The normalized spacial score (nSPS) is 12.0. The fraction of sp³-hybridized carbons (Fsp3) is 0.600. The van der Waals surface area contributed by atoms with E-state index in [-0.39, 0.29) is 0 Å². The lowest BCUT2D eigenvalue weighted by Crippen LogP contribution is -1.92. The Balaban J connectivity index is 3.08. The van der Waals surface area contributed by atoms with Gasteiger partial charge in [-0.25, -0.2) is 0 Å². The van der Waals surface area contributed by atoms with E-state index >= 15 is 0 Å². The van der Waals surface area contributed by atoms with Crippen molar-refractivity contribution >= 4 is 0 Å². The number of methoxy groups -OCH3 is 1. The quantitative estimate of drug-likeness (QED) is 0.549. The van der Waals surface area contributed by atoms with Gasteiger partial charge in [-0.1, -0.05) is 0 Å². The van der Waals surface area contributed by atoms with Crippen molar-refractivity contribution in [1.29, 1.82) is 0 Å².